The number of aryl methyl sites for hydroxylation is 1. The lowest BCUT2D eigenvalue weighted by molar-refractivity contribution is 0.0682. The van der Waals surface area contributed by atoms with Crippen LogP contribution >= 0.6 is 0 Å². The summed E-state index contributed by atoms with van der Waals surface area (Å²) in [5.74, 6) is 0.414. The number of rotatable bonds is 3. The first-order valence-corrected chi connectivity index (χ1v) is 10.7. The Hall–Kier alpha value is -3.68. The number of benzene rings is 2. The van der Waals surface area contributed by atoms with Crippen LogP contribution in [0.15, 0.2) is 53.6 Å². The lowest BCUT2D eigenvalue weighted by atomic mass is 9.96. The molecule has 1 amide bonds. The molecule has 2 aromatic heterocycles. The maximum Gasteiger partial charge on any atom is 0.261 e. The van der Waals surface area contributed by atoms with Crippen molar-refractivity contribution in [1.82, 2.24) is 24.4 Å². The second-order valence-corrected chi connectivity index (χ2v) is 8.23. The Balaban J connectivity index is 1.29. The largest absolute Gasteiger partial charge is 0.339 e. The summed E-state index contributed by atoms with van der Waals surface area (Å²) < 4.78 is 15.2. The summed E-state index contributed by atoms with van der Waals surface area (Å²) in [6, 6.07) is 9.45. The fourth-order valence-electron chi connectivity index (χ4n) is 4.38. The number of hydrogen-bond donors (Lipinski definition) is 0. The number of hydrogen-bond acceptors (Lipinski definition) is 5. The molecule has 0 saturated carbocycles. The van der Waals surface area contributed by atoms with E-state index in [0.717, 1.165) is 18.4 Å². The highest BCUT2D eigenvalue weighted by molar-refractivity contribution is 5.97. The van der Waals surface area contributed by atoms with Gasteiger partial charge in [0.05, 0.1) is 21.9 Å². The minimum Gasteiger partial charge on any atom is -0.339 e. The highest BCUT2D eigenvalue weighted by Gasteiger charge is 2.25. The van der Waals surface area contributed by atoms with Crippen LogP contribution in [0.5, 0.6) is 0 Å². The highest BCUT2D eigenvalue weighted by atomic mass is 19.1. The van der Waals surface area contributed by atoms with Crippen LogP contribution in [0, 0.1) is 18.7 Å². The molecule has 32 heavy (non-hydrogen) atoms. The van der Waals surface area contributed by atoms with E-state index < -0.39 is 5.82 Å². The molecule has 0 aliphatic carbocycles. The summed E-state index contributed by atoms with van der Waals surface area (Å²) in [7, 11) is 0. The van der Waals surface area contributed by atoms with E-state index in [1.807, 2.05) is 11.0 Å². The van der Waals surface area contributed by atoms with E-state index in [0.29, 0.717) is 47.4 Å². The first-order chi connectivity index (χ1) is 15.5. The van der Waals surface area contributed by atoms with Crippen molar-refractivity contribution in [2.45, 2.75) is 26.3 Å². The van der Waals surface area contributed by atoms with Gasteiger partial charge in [-0.1, -0.05) is 0 Å². The van der Waals surface area contributed by atoms with Crippen LogP contribution in [-0.4, -0.2) is 43.4 Å². The Morgan fingerprint density at radius 3 is 2.56 bits per heavy atom. The zero-order chi connectivity index (χ0) is 22.2. The summed E-state index contributed by atoms with van der Waals surface area (Å²) in [4.78, 5) is 40.7. The maximum absolute atomic E-state index is 13.5. The standard InChI is InChI=1S/C24H22FN5O2/c1-15-28-21-13-18(25)3-4-19(21)24(32)30(15)14-16-6-10-29(11-7-16)23(31)17-2-5-20-22(12-17)27-9-8-26-20/h2-5,8-9,12-13,16H,6-7,10-11,14H2,1H3. The maximum atomic E-state index is 13.5. The predicted octanol–water partition coefficient (Wildman–Crippen LogP) is 3.34. The summed E-state index contributed by atoms with van der Waals surface area (Å²) in [5.41, 5.74) is 2.30. The van der Waals surface area contributed by atoms with Gasteiger partial charge in [-0.25, -0.2) is 9.37 Å². The number of likely N-dealkylation sites (tertiary alicyclic amines) is 1. The normalized spacial score (nSPS) is 14.9. The van der Waals surface area contributed by atoms with Crippen molar-refractivity contribution >= 4 is 27.8 Å². The monoisotopic (exact) mass is 431 g/mol. The smallest absolute Gasteiger partial charge is 0.261 e. The minimum atomic E-state index is -0.406. The van der Waals surface area contributed by atoms with E-state index in [1.54, 1.807) is 36.0 Å². The van der Waals surface area contributed by atoms with E-state index in [2.05, 4.69) is 15.0 Å². The van der Waals surface area contributed by atoms with Gasteiger partial charge in [0.2, 0.25) is 0 Å². The third kappa shape index (κ3) is 3.72. The third-order valence-corrected chi connectivity index (χ3v) is 6.17. The van der Waals surface area contributed by atoms with Crippen molar-refractivity contribution in [2.75, 3.05) is 13.1 Å². The first kappa shape index (κ1) is 20.2. The molecule has 0 N–H and O–H groups in total. The molecule has 8 heteroatoms. The molecule has 2 aromatic carbocycles. The molecule has 0 unspecified atom stereocenters. The molecule has 1 saturated heterocycles. The second-order valence-electron chi connectivity index (χ2n) is 8.23. The Labute approximate surface area is 183 Å². The van der Waals surface area contributed by atoms with Crippen LogP contribution in [0.3, 0.4) is 0 Å². The fourth-order valence-corrected chi connectivity index (χ4v) is 4.38. The van der Waals surface area contributed by atoms with E-state index in [4.69, 9.17) is 0 Å². The number of fused-ring (bicyclic) bond motifs is 2. The summed E-state index contributed by atoms with van der Waals surface area (Å²) in [6.45, 7) is 3.57. The summed E-state index contributed by atoms with van der Waals surface area (Å²) >= 11 is 0. The number of carbonyl (C=O) groups excluding carboxylic acids is 1. The van der Waals surface area contributed by atoms with Crippen LogP contribution in [0.1, 0.15) is 29.0 Å². The van der Waals surface area contributed by atoms with Gasteiger partial charge in [0.1, 0.15) is 11.6 Å². The van der Waals surface area contributed by atoms with Crippen LogP contribution in [-0.2, 0) is 6.54 Å². The van der Waals surface area contributed by atoms with Gasteiger partial charge in [0, 0.05) is 43.7 Å². The number of carbonyl (C=O) groups is 1. The molecular formula is C24H22FN5O2. The van der Waals surface area contributed by atoms with Crippen LogP contribution < -0.4 is 5.56 Å². The zero-order valence-electron chi connectivity index (χ0n) is 17.7. The van der Waals surface area contributed by atoms with Gasteiger partial charge >= 0.3 is 0 Å². The van der Waals surface area contributed by atoms with Crippen molar-refractivity contribution in [2.24, 2.45) is 5.92 Å². The van der Waals surface area contributed by atoms with Gasteiger partial charge in [-0.05, 0) is 56.0 Å². The quantitative estimate of drug-likeness (QED) is 0.497. The predicted molar refractivity (Wildman–Crippen MR) is 119 cm³/mol. The molecule has 0 atom stereocenters. The Morgan fingerprint density at radius 2 is 1.78 bits per heavy atom. The molecule has 0 spiro atoms. The molecule has 162 valence electrons. The van der Waals surface area contributed by atoms with Gasteiger partial charge < -0.3 is 4.90 Å². The van der Waals surface area contributed by atoms with E-state index in [9.17, 15) is 14.0 Å². The lowest BCUT2D eigenvalue weighted by Gasteiger charge is -2.32. The minimum absolute atomic E-state index is 0.0150. The first-order valence-electron chi connectivity index (χ1n) is 10.7. The number of piperidine rings is 1. The Bertz CT molecular complexity index is 1390. The van der Waals surface area contributed by atoms with Crippen LogP contribution in [0.4, 0.5) is 4.39 Å². The molecule has 7 nitrogen and oxygen atoms in total. The van der Waals surface area contributed by atoms with Gasteiger partial charge in [-0.2, -0.15) is 0 Å². The van der Waals surface area contributed by atoms with Crippen LogP contribution in [0.2, 0.25) is 0 Å². The SMILES string of the molecule is Cc1nc2cc(F)ccc2c(=O)n1CC1CCN(C(=O)c2ccc3nccnc3c2)CC1. The average Bonchev–Trinajstić information content (AvgIpc) is 2.81. The van der Waals surface area contributed by atoms with E-state index in [-0.39, 0.29) is 17.4 Å². The van der Waals surface area contributed by atoms with Gasteiger partial charge in [-0.15, -0.1) is 0 Å². The summed E-state index contributed by atoms with van der Waals surface area (Å²) in [6.07, 6.45) is 4.84. The van der Waals surface area contributed by atoms with Crippen molar-refractivity contribution in [1.29, 1.82) is 0 Å². The van der Waals surface area contributed by atoms with Crippen molar-refractivity contribution in [3.8, 4) is 0 Å². The van der Waals surface area contributed by atoms with Gasteiger partial charge in [0.25, 0.3) is 11.5 Å². The topological polar surface area (TPSA) is 81.0 Å². The van der Waals surface area contributed by atoms with Crippen molar-refractivity contribution in [3.63, 3.8) is 0 Å². The third-order valence-electron chi connectivity index (χ3n) is 6.17. The molecule has 1 aliphatic heterocycles. The molecule has 0 radical (unpaired) electrons. The fraction of sp³-hybridized carbons (Fsp3) is 0.292. The average molecular weight is 431 g/mol. The lowest BCUT2D eigenvalue weighted by Crippen LogP contribution is -2.40. The van der Waals surface area contributed by atoms with Crippen molar-refractivity contribution < 1.29 is 9.18 Å². The molecular weight excluding hydrogens is 409 g/mol. The number of nitrogens with zero attached hydrogens (tertiary/aromatic N) is 5. The zero-order valence-corrected chi connectivity index (χ0v) is 17.7. The molecule has 4 aromatic rings. The molecule has 5 rings (SSSR count). The van der Waals surface area contributed by atoms with E-state index >= 15 is 0 Å². The van der Waals surface area contributed by atoms with Gasteiger partial charge in [-0.3, -0.25) is 24.1 Å². The number of aromatic nitrogens is 4. The molecule has 0 bridgehead atoms. The number of amides is 1. The van der Waals surface area contributed by atoms with Crippen molar-refractivity contribution in [3.05, 3.63) is 76.4 Å². The summed E-state index contributed by atoms with van der Waals surface area (Å²) in [5, 5.41) is 0.420. The van der Waals surface area contributed by atoms with Gasteiger partial charge in [0.15, 0.2) is 0 Å². The highest BCUT2D eigenvalue weighted by Crippen LogP contribution is 2.22. The van der Waals surface area contributed by atoms with E-state index in [1.165, 1.54) is 18.2 Å². The molecule has 3 heterocycles. The molecule has 1 fully saturated rings. The second kappa shape index (κ2) is 8.11. The molecule has 1 aliphatic rings. The number of halogens is 1. The van der Waals surface area contributed by atoms with Crippen LogP contribution in [0.25, 0.3) is 21.9 Å². The Kier molecular flexibility index (Phi) is 5.13. The Morgan fingerprint density at radius 1 is 1.03 bits per heavy atom.